The number of nitrogens with two attached hydrogens (primary N) is 1. The van der Waals surface area contributed by atoms with Crippen LogP contribution in [0.1, 0.15) is 48.0 Å². The molecule has 3 N–H and O–H groups in total. The van der Waals surface area contributed by atoms with Crippen molar-refractivity contribution in [2.24, 2.45) is 5.73 Å². The van der Waals surface area contributed by atoms with Crippen molar-refractivity contribution >= 4 is 17.5 Å². The van der Waals surface area contributed by atoms with E-state index in [0.717, 1.165) is 51.1 Å². The number of rotatable bonds is 5. The number of nitrogens with zero attached hydrogens (tertiary/aromatic N) is 3. The van der Waals surface area contributed by atoms with E-state index in [1.807, 2.05) is 18.2 Å². The molecule has 0 aromatic heterocycles. The maximum absolute atomic E-state index is 13.2. The fourth-order valence-electron chi connectivity index (χ4n) is 4.47. The smallest absolute Gasteiger partial charge is 0.249 e. The summed E-state index contributed by atoms with van der Waals surface area (Å²) in [6, 6.07) is 7.66. The normalized spacial score (nSPS) is 19.6. The van der Waals surface area contributed by atoms with Crippen molar-refractivity contribution < 1.29 is 9.59 Å². The average molecular weight is 383 g/mol. The molecule has 0 unspecified atom stereocenters. The van der Waals surface area contributed by atoms with Gasteiger partial charge < -0.3 is 20.9 Å². The number of nitrogens with one attached hydrogen (secondary N) is 1. The first-order valence-corrected chi connectivity index (χ1v) is 10.0. The van der Waals surface area contributed by atoms with Crippen LogP contribution < -0.4 is 16.0 Å². The van der Waals surface area contributed by atoms with Crippen LogP contribution in [0, 0.1) is 11.3 Å². The molecule has 150 valence electrons. The summed E-state index contributed by atoms with van der Waals surface area (Å²) in [7, 11) is 2.11. The number of anilines is 1. The summed E-state index contributed by atoms with van der Waals surface area (Å²) in [5.41, 5.74) is 7.02. The lowest BCUT2D eigenvalue weighted by atomic mass is 9.67. The molecular formula is C21H29N5O2. The van der Waals surface area contributed by atoms with E-state index in [0.29, 0.717) is 24.0 Å². The van der Waals surface area contributed by atoms with Crippen LogP contribution in [0.4, 0.5) is 5.69 Å². The topological polar surface area (TPSA) is 102 Å². The number of piperazine rings is 1. The van der Waals surface area contributed by atoms with Gasteiger partial charge in [0.15, 0.2) is 0 Å². The van der Waals surface area contributed by atoms with Crippen molar-refractivity contribution in [2.75, 3.05) is 44.7 Å². The highest BCUT2D eigenvalue weighted by atomic mass is 16.2. The quantitative estimate of drug-likeness (QED) is 0.748. The molecule has 7 heteroatoms. The largest absolute Gasteiger partial charge is 0.369 e. The van der Waals surface area contributed by atoms with Crippen LogP contribution >= 0.6 is 0 Å². The summed E-state index contributed by atoms with van der Waals surface area (Å²) >= 11 is 0. The molecule has 1 aromatic rings. The lowest BCUT2D eigenvalue weighted by molar-refractivity contribution is -0.127. The standard InChI is InChI=1S/C21H29N5O2/c1-25-11-13-26(14-12-25)16-5-6-17(19(23)27)18(15-16)21(7-3-2-4-8-21)20(28)24-10-9-22/h5-6,15H,2-4,7-8,10-14H2,1H3,(H2,23,27)(H,24,28). The molecule has 1 saturated carbocycles. The van der Waals surface area contributed by atoms with Gasteiger partial charge in [-0.2, -0.15) is 5.26 Å². The van der Waals surface area contributed by atoms with E-state index < -0.39 is 11.3 Å². The molecule has 2 aliphatic rings. The number of amides is 2. The van der Waals surface area contributed by atoms with Crippen LogP contribution in [0.5, 0.6) is 0 Å². The third kappa shape index (κ3) is 3.97. The number of nitriles is 1. The van der Waals surface area contributed by atoms with E-state index >= 15 is 0 Å². The van der Waals surface area contributed by atoms with E-state index in [4.69, 9.17) is 11.0 Å². The number of primary amides is 1. The first-order chi connectivity index (χ1) is 13.5. The second-order valence-electron chi connectivity index (χ2n) is 7.87. The Hall–Kier alpha value is -2.59. The van der Waals surface area contributed by atoms with Crippen molar-refractivity contribution in [1.82, 2.24) is 10.2 Å². The SMILES string of the molecule is CN1CCN(c2ccc(C(N)=O)c(C3(C(=O)NCC#N)CCCCC3)c2)CC1. The van der Waals surface area contributed by atoms with Gasteiger partial charge >= 0.3 is 0 Å². The molecule has 0 bridgehead atoms. The van der Waals surface area contributed by atoms with Gasteiger partial charge in [0.05, 0.1) is 11.5 Å². The number of hydrogen-bond acceptors (Lipinski definition) is 5. The average Bonchev–Trinajstić information content (AvgIpc) is 2.72. The number of benzene rings is 1. The second-order valence-corrected chi connectivity index (χ2v) is 7.87. The highest BCUT2D eigenvalue weighted by Gasteiger charge is 2.43. The van der Waals surface area contributed by atoms with Crippen molar-refractivity contribution in [1.29, 1.82) is 5.26 Å². The Kier molecular flexibility index (Phi) is 6.20. The van der Waals surface area contributed by atoms with Gasteiger partial charge in [-0.05, 0) is 43.7 Å². The molecule has 1 aliphatic heterocycles. The van der Waals surface area contributed by atoms with E-state index in [1.54, 1.807) is 6.07 Å². The Morgan fingerprint density at radius 1 is 1.18 bits per heavy atom. The van der Waals surface area contributed by atoms with Crippen LogP contribution in [0.25, 0.3) is 0 Å². The zero-order chi connectivity index (χ0) is 20.1. The van der Waals surface area contributed by atoms with Crippen LogP contribution in [0.2, 0.25) is 0 Å². The molecule has 1 saturated heterocycles. The van der Waals surface area contributed by atoms with Crippen molar-refractivity contribution in [3.05, 3.63) is 29.3 Å². The lowest BCUT2D eigenvalue weighted by Crippen LogP contribution is -2.47. The number of carbonyl (C=O) groups excluding carboxylic acids is 2. The van der Waals surface area contributed by atoms with E-state index in [-0.39, 0.29) is 12.5 Å². The molecule has 0 atom stereocenters. The van der Waals surface area contributed by atoms with E-state index in [9.17, 15) is 9.59 Å². The Morgan fingerprint density at radius 2 is 1.86 bits per heavy atom. The Labute approximate surface area is 166 Å². The van der Waals surface area contributed by atoms with Gasteiger partial charge in [-0.1, -0.05) is 19.3 Å². The molecule has 1 aliphatic carbocycles. The molecule has 1 heterocycles. The first-order valence-electron chi connectivity index (χ1n) is 10.0. The summed E-state index contributed by atoms with van der Waals surface area (Å²) in [6.07, 6.45) is 4.22. The lowest BCUT2D eigenvalue weighted by Gasteiger charge is -2.39. The predicted molar refractivity (Wildman–Crippen MR) is 108 cm³/mol. The molecule has 1 aromatic carbocycles. The minimum atomic E-state index is -0.804. The summed E-state index contributed by atoms with van der Waals surface area (Å²) in [5.74, 6) is -0.690. The van der Waals surface area contributed by atoms with Crippen LogP contribution in [0.15, 0.2) is 18.2 Å². The van der Waals surface area contributed by atoms with Crippen molar-refractivity contribution in [3.8, 4) is 6.07 Å². The second kappa shape index (κ2) is 8.61. The molecule has 0 spiro atoms. The predicted octanol–water partition coefficient (Wildman–Crippen LogP) is 1.38. The zero-order valence-corrected chi connectivity index (χ0v) is 16.5. The maximum Gasteiger partial charge on any atom is 0.249 e. The van der Waals surface area contributed by atoms with Gasteiger partial charge in [0, 0.05) is 37.4 Å². The van der Waals surface area contributed by atoms with Crippen LogP contribution in [-0.4, -0.2) is 56.5 Å². The third-order valence-corrected chi connectivity index (χ3v) is 6.12. The highest BCUT2D eigenvalue weighted by molar-refractivity contribution is 5.99. The first kappa shape index (κ1) is 20.2. The fourth-order valence-corrected chi connectivity index (χ4v) is 4.47. The Balaban J connectivity index is 2.04. The number of likely N-dealkylation sites (N-methyl/N-ethyl adjacent to an activating group) is 1. The van der Waals surface area contributed by atoms with Gasteiger partial charge in [-0.15, -0.1) is 0 Å². The Bertz CT molecular complexity index is 771. The van der Waals surface area contributed by atoms with Crippen molar-refractivity contribution in [2.45, 2.75) is 37.5 Å². The molecule has 3 rings (SSSR count). The van der Waals surface area contributed by atoms with Gasteiger partial charge in [-0.3, -0.25) is 9.59 Å². The minimum Gasteiger partial charge on any atom is -0.369 e. The molecule has 28 heavy (non-hydrogen) atoms. The number of carbonyl (C=O) groups is 2. The monoisotopic (exact) mass is 383 g/mol. The molecule has 0 radical (unpaired) electrons. The minimum absolute atomic E-state index is 0.0371. The highest BCUT2D eigenvalue weighted by Crippen LogP contribution is 2.42. The fraction of sp³-hybridized carbons (Fsp3) is 0.571. The summed E-state index contributed by atoms with van der Waals surface area (Å²) in [6.45, 7) is 3.71. The van der Waals surface area contributed by atoms with Gasteiger partial charge in [0.1, 0.15) is 6.54 Å². The van der Waals surface area contributed by atoms with Crippen LogP contribution in [0.3, 0.4) is 0 Å². The van der Waals surface area contributed by atoms with Crippen molar-refractivity contribution in [3.63, 3.8) is 0 Å². The summed E-state index contributed by atoms with van der Waals surface area (Å²) in [5, 5.41) is 11.6. The molecule has 2 amide bonds. The molecular weight excluding hydrogens is 354 g/mol. The zero-order valence-electron chi connectivity index (χ0n) is 16.5. The van der Waals surface area contributed by atoms with Crippen LogP contribution in [-0.2, 0) is 10.2 Å². The number of hydrogen-bond donors (Lipinski definition) is 2. The third-order valence-electron chi connectivity index (χ3n) is 6.12. The molecule has 2 fully saturated rings. The maximum atomic E-state index is 13.2. The summed E-state index contributed by atoms with van der Waals surface area (Å²) < 4.78 is 0. The van der Waals surface area contributed by atoms with E-state index in [2.05, 4.69) is 22.2 Å². The summed E-state index contributed by atoms with van der Waals surface area (Å²) in [4.78, 5) is 29.9. The molecule has 7 nitrogen and oxygen atoms in total. The van der Waals surface area contributed by atoms with Gasteiger partial charge in [0.25, 0.3) is 0 Å². The Morgan fingerprint density at radius 3 is 2.46 bits per heavy atom. The van der Waals surface area contributed by atoms with E-state index in [1.165, 1.54) is 0 Å². The van der Waals surface area contributed by atoms with Gasteiger partial charge in [0.2, 0.25) is 11.8 Å². The van der Waals surface area contributed by atoms with Gasteiger partial charge in [-0.25, -0.2) is 0 Å².